The Labute approximate surface area is 96.6 Å². The van der Waals surface area contributed by atoms with Crippen LogP contribution < -0.4 is 4.72 Å². The first-order chi connectivity index (χ1) is 7.47. The molecule has 1 unspecified atom stereocenters. The summed E-state index contributed by atoms with van der Waals surface area (Å²) < 4.78 is 40.7. The Morgan fingerprint density at radius 3 is 2.81 bits per heavy atom. The Kier molecular flexibility index (Phi) is 3.17. The summed E-state index contributed by atoms with van der Waals surface area (Å²) in [5.41, 5.74) is 0.235. The Hall–Kier alpha value is -0.680. The molecule has 0 saturated carbocycles. The summed E-state index contributed by atoms with van der Waals surface area (Å²) in [6.07, 6.45) is -3.55. The average molecular weight is 247 g/mol. The van der Waals surface area contributed by atoms with Crippen molar-refractivity contribution < 1.29 is 13.2 Å². The van der Waals surface area contributed by atoms with Gasteiger partial charge in [0.25, 0.3) is 0 Å². The molecular formula is C11H12F3NS. The highest BCUT2D eigenvalue weighted by Gasteiger charge is 2.31. The molecule has 1 atom stereocenters. The minimum Gasteiger partial charge on any atom is -0.260 e. The quantitative estimate of drug-likeness (QED) is 0.704. The third-order valence-electron chi connectivity index (χ3n) is 2.57. The molecule has 1 N–H and O–H groups in total. The van der Waals surface area contributed by atoms with Crippen LogP contribution in [0.25, 0.3) is 0 Å². The van der Waals surface area contributed by atoms with Crippen LogP contribution in [0.1, 0.15) is 18.1 Å². The van der Waals surface area contributed by atoms with Crippen LogP contribution in [0, 0.1) is 5.92 Å². The molecule has 1 aromatic carbocycles. The van der Waals surface area contributed by atoms with E-state index >= 15 is 0 Å². The summed E-state index contributed by atoms with van der Waals surface area (Å²) in [7, 11) is 0. The number of hydrogen-bond acceptors (Lipinski definition) is 2. The molecule has 5 heteroatoms. The fourth-order valence-electron chi connectivity index (χ4n) is 1.72. The maximum absolute atomic E-state index is 12.5. The van der Waals surface area contributed by atoms with Gasteiger partial charge in [0.1, 0.15) is 0 Å². The first-order valence-electron chi connectivity index (χ1n) is 5.06. The summed E-state index contributed by atoms with van der Waals surface area (Å²) in [5, 5.41) is 0. The van der Waals surface area contributed by atoms with E-state index in [1.807, 2.05) is 6.92 Å². The molecule has 1 aromatic rings. The summed E-state index contributed by atoms with van der Waals surface area (Å²) in [6.45, 7) is 2.85. The van der Waals surface area contributed by atoms with Gasteiger partial charge in [-0.1, -0.05) is 6.92 Å². The van der Waals surface area contributed by atoms with Crippen molar-refractivity contribution in [2.24, 2.45) is 5.92 Å². The molecule has 16 heavy (non-hydrogen) atoms. The van der Waals surface area contributed by atoms with E-state index in [4.69, 9.17) is 0 Å². The first kappa shape index (κ1) is 11.8. The molecule has 0 amide bonds. The van der Waals surface area contributed by atoms with Crippen LogP contribution in [0.15, 0.2) is 23.1 Å². The van der Waals surface area contributed by atoms with Gasteiger partial charge in [-0.25, -0.2) is 0 Å². The van der Waals surface area contributed by atoms with Gasteiger partial charge in [0, 0.05) is 11.4 Å². The fourth-order valence-corrected chi connectivity index (χ4v) is 2.66. The zero-order valence-corrected chi connectivity index (χ0v) is 9.58. The highest BCUT2D eigenvalue weighted by Crippen LogP contribution is 2.34. The van der Waals surface area contributed by atoms with Gasteiger partial charge in [-0.05, 0) is 48.0 Å². The first-order valence-corrected chi connectivity index (χ1v) is 5.88. The maximum Gasteiger partial charge on any atom is 0.416 e. The van der Waals surface area contributed by atoms with Gasteiger partial charge in [0.05, 0.1) is 5.56 Å². The van der Waals surface area contributed by atoms with Crippen LogP contribution in [0.3, 0.4) is 0 Å². The lowest BCUT2D eigenvalue weighted by Gasteiger charge is -2.11. The SMILES string of the molecule is CC1CNSc2ccc(C(F)(F)F)cc2C1. The molecule has 0 saturated heterocycles. The zero-order valence-electron chi connectivity index (χ0n) is 8.77. The molecule has 1 aliphatic heterocycles. The molecule has 2 rings (SSSR count). The summed E-state index contributed by atoms with van der Waals surface area (Å²) >= 11 is 1.42. The topological polar surface area (TPSA) is 12.0 Å². The van der Waals surface area contributed by atoms with Crippen LogP contribution in [0.5, 0.6) is 0 Å². The lowest BCUT2D eigenvalue weighted by Crippen LogP contribution is -2.13. The number of nitrogens with one attached hydrogen (secondary N) is 1. The summed E-state index contributed by atoms with van der Waals surface area (Å²) in [5.74, 6) is 0.359. The minimum atomic E-state index is -4.25. The standard InChI is InChI=1S/C11H12F3NS/c1-7-4-8-5-9(11(12,13)14)2-3-10(8)16-15-6-7/h2-3,5,7,15H,4,6H2,1H3. The molecule has 0 bridgehead atoms. The van der Waals surface area contributed by atoms with Crippen LogP contribution in [0.4, 0.5) is 13.2 Å². The van der Waals surface area contributed by atoms with E-state index in [2.05, 4.69) is 4.72 Å². The van der Waals surface area contributed by atoms with Gasteiger partial charge in [0.2, 0.25) is 0 Å². The third-order valence-corrected chi connectivity index (χ3v) is 3.50. The van der Waals surface area contributed by atoms with Gasteiger partial charge < -0.3 is 0 Å². The van der Waals surface area contributed by atoms with Gasteiger partial charge in [0.15, 0.2) is 0 Å². The van der Waals surface area contributed by atoms with Gasteiger partial charge >= 0.3 is 6.18 Å². The summed E-state index contributed by atoms with van der Waals surface area (Å²) in [6, 6.07) is 3.96. The van der Waals surface area contributed by atoms with E-state index in [-0.39, 0.29) is 0 Å². The molecule has 0 spiro atoms. The van der Waals surface area contributed by atoms with Crippen molar-refractivity contribution in [3.05, 3.63) is 29.3 Å². The van der Waals surface area contributed by atoms with E-state index in [0.29, 0.717) is 12.3 Å². The number of benzene rings is 1. The molecule has 1 nitrogen and oxygen atoms in total. The van der Waals surface area contributed by atoms with E-state index in [9.17, 15) is 13.2 Å². The van der Waals surface area contributed by atoms with Crippen LogP contribution in [-0.4, -0.2) is 6.54 Å². The van der Waals surface area contributed by atoms with Crippen molar-refractivity contribution in [1.29, 1.82) is 0 Å². The molecule has 1 heterocycles. The predicted octanol–water partition coefficient (Wildman–Crippen LogP) is 3.49. The molecule has 0 aromatic heterocycles. The van der Waals surface area contributed by atoms with Crippen molar-refractivity contribution in [2.75, 3.05) is 6.54 Å². The molecule has 0 aliphatic carbocycles. The van der Waals surface area contributed by atoms with Crippen LogP contribution in [-0.2, 0) is 12.6 Å². The second kappa shape index (κ2) is 4.30. The van der Waals surface area contributed by atoms with E-state index in [1.165, 1.54) is 18.0 Å². The van der Waals surface area contributed by atoms with E-state index < -0.39 is 11.7 Å². The highest BCUT2D eigenvalue weighted by molar-refractivity contribution is 7.97. The van der Waals surface area contributed by atoms with E-state index in [1.54, 1.807) is 6.07 Å². The van der Waals surface area contributed by atoms with Crippen molar-refractivity contribution in [2.45, 2.75) is 24.4 Å². The average Bonchev–Trinajstić information content (AvgIpc) is 2.35. The minimum absolute atomic E-state index is 0.359. The Balaban J connectivity index is 2.37. The number of hydrogen-bond donors (Lipinski definition) is 1. The number of fused-ring (bicyclic) bond motifs is 1. The number of alkyl halides is 3. The van der Waals surface area contributed by atoms with Crippen LogP contribution >= 0.6 is 11.9 Å². The molecule has 0 fully saturated rings. The zero-order chi connectivity index (χ0) is 11.8. The second-order valence-corrected chi connectivity index (χ2v) is 5.01. The normalized spacial score (nSPS) is 21.4. The third kappa shape index (κ3) is 2.52. The Morgan fingerprint density at radius 1 is 1.38 bits per heavy atom. The predicted molar refractivity (Wildman–Crippen MR) is 58.2 cm³/mol. The monoisotopic (exact) mass is 247 g/mol. The Morgan fingerprint density at radius 2 is 2.12 bits per heavy atom. The lowest BCUT2D eigenvalue weighted by molar-refractivity contribution is -0.137. The molecule has 0 radical (unpaired) electrons. The lowest BCUT2D eigenvalue weighted by atomic mass is 9.99. The van der Waals surface area contributed by atoms with Crippen molar-refractivity contribution in [1.82, 2.24) is 4.72 Å². The molecular weight excluding hydrogens is 235 g/mol. The number of rotatable bonds is 0. The smallest absolute Gasteiger partial charge is 0.260 e. The fraction of sp³-hybridized carbons (Fsp3) is 0.455. The van der Waals surface area contributed by atoms with Crippen molar-refractivity contribution >= 4 is 11.9 Å². The molecule has 88 valence electrons. The summed E-state index contributed by atoms with van der Waals surface area (Å²) in [4.78, 5) is 0.900. The number of halogens is 3. The molecule has 1 aliphatic rings. The van der Waals surface area contributed by atoms with Gasteiger partial charge in [-0.3, -0.25) is 4.72 Å². The second-order valence-electron chi connectivity index (χ2n) is 4.08. The maximum atomic E-state index is 12.5. The van der Waals surface area contributed by atoms with Gasteiger partial charge in [-0.2, -0.15) is 13.2 Å². The van der Waals surface area contributed by atoms with Gasteiger partial charge in [-0.15, -0.1) is 0 Å². The van der Waals surface area contributed by atoms with Crippen molar-refractivity contribution in [3.8, 4) is 0 Å². The van der Waals surface area contributed by atoms with Crippen molar-refractivity contribution in [3.63, 3.8) is 0 Å². The van der Waals surface area contributed by atoms with Crippen LogP contribution in [0.2, 0.25) is 0 Å². The Bertz CT molecular complexity index is 389. The van der Waals surface area contributed by atoms with E-state index in [0.717, 1.165) is 23.1 Å². The largest absolute Gasteiger partial charge is 0.416 e. The highest BCUT2D eigenvalue weighted by atomic mass is 32.2.